The number of carbonyl (C=O) groups excluding carboxylic acids is 1. The number of alkyl carbamates (subject to hydrolysis) is 1. The summed E-state index contributed by atoms with van der Waals surface area (Å²) in [4.78, 5) is 12.0. The minimum absolute atomic E-state index is 0.0845. The van der Waals surface area contributed by atoms with Gasteiger partial charge in [0.2, 0.25) is 0 Å². The fourth-order valence-electron chi connectivity index (χ4n) is 3.39. The highest BCUT2D eigenvalue weighted by molar-refractivity contribution is 5.67. The van der Waals surface area contributed by atoms with E-state index in [0.29, 0.717) is 13.2 Å². The van der Waals surface area contributed by atoms with E-state index in [-0.39, 0.29) is 12.1 Å². The number of benzene rings is 2. The van der Waals surface area contributed by atoms with Gasteiger partial charge in [0.05, 0.1) is 0 Å². The molecule has 1 aliphatic heterocycles. The highest BCUT2D eigenvalue weighted by Gasteiger charge is 2.23. The number of rotatable bonds is 3. The number of fused-ring (bicyclic) bond motifs is 1. The Morgan fingerprint density at radius 2 is 1.96 bits per heavy atom. The summed E-state index contributed by atoms with van der Waals surface area (Å²) in [5.74, 6) is 0. The molecule has 2 unspecified atom stereocenters. The predicted octanol–water partition coefficient (Wildman–Crippen LogP) is 4.09. The maximum Gasteiger partial charge on any atom is 0.407 e. The van der Waals surface area contributed by atoms with Crippen molar-refractivity contribution in [1.29, 1.82) is 0 Å². The van der Waals surface area contributed by atoms with E-state index < -0.39 is 11.7 Å². The average Bonchev–Trinajstić information content (AvgIpc) is 2.62. The second-order valence-corrected chi connectivity index (χ2v) is 8.30. The molecule has 1 aliphatic rings. The molecule has 1 amide bonds. The molecule has 0 saturated heterocycles. The highest BCUT2D eigenvalue weighted by atomic mass is 16.6. The molecule has 3 N–H and O–H groups in total. The van der Waals surface area contributed by atoms with Crippen molar-refractivity contribution >= 4 is 6.09 Å². The Hall–Kier alpha value is -2.37. The Morgan fingerprint density at radius 1 is 1.21 bits per heavy atom. The molecular formula is C23H30N2O3. The molecule has 0 saturated carbocycles. The van der Waals surface area contributed by atoms with Crippen LogP contribution in [0, 0.1) is 0 Å². The molecule has 0 radical (unpaired) electrons. The minimum atomic E-state index is -0.515. The fourth-order valence-corrected chi connectivity index (χ4v) is 3.39. The van der Waals surface area contributed by atoms with Gasteiger partial charge in [-0.2, -0.15) is 0 Å². The first-order valence-electron chi connectivity index (χ1n) is 9.82. The van der Waals surface area contributed by atoms with E-state index in [4.69, 9.17) is 15.2 Å². The summed E-state index contributed by atoms with van der Waals surface area (Å²) in [6, 6.07) is 16.6. The molecule has 150 valence electrons. The van der Waals surface area contributed by atoms with Crippen molar-refractivity contribution in [3.63, 3.8) is 0 Å². The fraction of sp³-hybridized carbons (Fsp3) is 0.435. The third kappa shape index (κ3) is 5.57. The monoisotopic (exact) mass is 382 g/mol. The zero-order chi connectivity index (χ0) is 20.1. The van der Waals surface area contributed by atoms with Crippen LogP contribution in [0.1, 0.15) is 55.5 Å². The van der Waals surface area contributed by atoms with Crippen LogP contribution >= 0.6 is 0 Å². The number of amides is 1. The normalized spacial score (nSPS) is 19.9. The van der Waals surface area contributed by atoms with E-state index >= 15 is 0 Å². The van der Waals surface area contributed by atoms with Gasteiger partial charge in [0.1, 0.15) is 11.7 Å². The van der Waals surface area contributed by atoms with Crippen molar-refractivity contribution in [1.82, 2.24) is 5.32 Å². The van der Waals surface area contributed by atoms with E-state index in [9.17, 15) is 4.79 Å². The zero-order valence-corrected chi connectivity index (χ0v) is 16.9. The van der Waals surface area contributed by atoms with E-state index in [2.05, 4.69) is 29.6 Å². The molecule has 0 fully saturated rings. The van der Waals surface area contributed by atoms with Gasteiger partial charge >= 0.3 is 6.09 Å². The maximum atomic E-state index is 12.0. The molecule has 0 aliphatic carbocycles. The van der Waals surface area contributed by atoms with Gasteiger partial charge in [-0.1, -0.05) is 48.5 Å². The first kappa shape index (κ1) is 20.4. The van der Waals surface area contributed by atoms with Crippen LogP contribution in [-0.4, -0.2) is 24.3 Å². The summed E-state index contributed by atoms with van der Waals surface area (Å²) < 4.78 is 11.5. The molecule has 1 heterocycles. The summed E-state index contributed by atoms with van der Waals surface area (Å²) in [6.07, 6.45) is 1.11. The third-order valence-electron chi connectivity index (χ3n) is 4.69. The van der Waals surface area contributed by atoms with Gasteiger partial charge < -0.3 is 20.5 Å². The first-order chi connectivity index (χ1) is 13.3. The largest absolute Gasteiger partial charge is 0.444 e. The van der Waals surface area contributed by atoms with E-state index in [1.807, 2.05) is 45.0 Å². The molecular weight excluding hydrogens is 352 g/mol. The molecule has 2 aromatic carbocycles. The number of nitrogens with one attached hydrogen (secondary N) is 1. The van der Waals surface area contributed by atoms with Crippen molar-refractivity contribution < 1.29 is 14.3 Å². The van der Waals surface area contributed by atoms with Crippen molar-refractivity contribution in [2.24, 2.45) is 5.73 Å². The van der Waals surface area contributed by atoms with Crippen LogP contribution in [0.15, 0.2) is 48.5 Å². The summed E-state index contributed by atoms with van der Waals surface area (Å²) in [7, 11) is 0. The van der Waals surface area contributed by atoms with Gasteiger partial charge in [0.15, 0.2) is 0 Å². The molecule has 0 aromatic heterocycles. The molecule has 5 heteroatoms. The van der Waals surface area contributed by atoms with Crippen molar-refractivity contribution in [3.8, 4) is 0 Å². The van der Waals surface area contributed by atoms with Gasteiger partial charge in [-0.25, -0.2) is 4.79 Å². The highest BCUT2D eigenvalue weighted by Crippen LogP contribution is 2.32. The Bertz CT molecular complexity index is 799. The lowest BCUT2D eigenvalue weighted by molar-refractivity contribution is 0.0523. The van der Waals surface area contributed by atoms with Crippen LogP contribution in [0.2, 0.25) is 0 Å². The summed E-state index contributed by atoms with van der Waals surface area (Å²) in [5, 5.41) is 2.83. The van der Waals surface area contributed by atoms with Crippen LogP contribution < -0.4 is 11.1 Å². The van der Waals surface area contributed by atoms with Gasteiger partial charge in [-0.05, 0) is 55.9 Å². The molecule has 2 atom stereocenters. The smallest absolute Gasteiger partial charge is 0.407 e. The topological polar surface area (TPSA) is 73.6 Å². The quantitative estimate of drug-likeness (QED) is 0.838. The molecule has 3 rings (SSSR count). The van der Waals surface area contributed by atoms with E-state index in [1.54, 1.807) is 0 Å². The van der Waals surface area contributed by atoms with Gasteiger partial charge in [-0.15, -0.1) is 0 Å². The zero-order valence-electron chi connectivity index (χ0n) is 16.9. The van der Waals surface area contributed by atoms with E-state index in [1.165, 1.54) is 5.56 Å². The summed E-state index contributed by atoms with van der Waals surface area (Å²) in [5.41, 5.74) is 10.2. The number of hydrogen-bond donors (Lipinski definition) is 2. The minimum Gasteiger partial charge on any atom is -0.444 e. The van der Waals surface area contributed by atoms with Gasteiger partial charge in [-0.3, -0.25) is 0 Å². The first-order valence-corrected chi connectivity index (χ1v) is 9.82. The predicted molar refractivity (Wildman–Crippen MR) is 110 cm³/mol. The lowest BCUT2D eigenvalue weighted by Gasteiger charge is -2.27. The number of nitrogens with two attached hydrogens (primary N) is 1. The standard InChI is InChI=1S/C23H30N2O3/c1-23(2,3)28-22(26)25-15-16-9-10-18-14-19(24)11-12-27-21(20(18)13-16)17-7-5-4-6-8-17/h4-10,13,19,21H,11-12,14-15,24H2,1-3H3,(H,25,26). The Labute approximate surface area is 167 Å². The van der Waals surface area contributed by atoms with E-state index in [0.717, 1.165) is 29.5 Å². The second-order valence-electron chi connectivity index (χ2n) is 8.30. The molecule has 5 nitrogen and oxygen atoms in total. The maximum absolute atomic E-state index is 12.0. The Balaban J connectivity index is 1.84. The lowest BCUT2D eigenvalue weighted by Crippen LogP contribution is -2.32. The van der Waals surface area contributed by atoms with Gasteiger partial charge in [0, 0.05) is 19.2 Å². The van der Waals surface area contributed by atoms with Crippen LogP contribution in [0.5, 0.6) is 0 Å². The van der Waals surface area contributed by atoms with Crippen molar-refractivity contribution in [2.75, 3.05) is 6.61 Å². The average molecular weight is 383 g/mol. The number of ether oxygens (including phenoxy) is 2. The summed E-state index contributed by atoms with van der Waals surface area (Å²) >= 11 is 0. The summed E-state index contributed by atoms with van der Waals surface area (Å²) in [6.45, 7) is 6.57. The van der Waals surface area contributed by atoms with Crippen molar-refractivity contribution in [3.05, 3.63) is 70.8 Å². The number of hydrogen-bond acceptors (Lipinski definition) is 4. The van der Waals surface area contributed by atoms with Crippen LogP contribution in [-0.2, 0) is 22.4 Å². The molecule has 0 spiro atoms. The SMILES string of the molecule is CC(C)(C)OC(=O)NCc1ccc2c(c1)C(c1ccccc1)OCCC(N)C2. The third-order valence-corrected chi connectivity index (χ3v) is 4.69. The Kier molecular flexibility index (Phi) is 6.37. The second kappa shape index (κ2) is 8.76. The van der Waals surface area contributed by atoms with Crippen LogP contribution in [0.4, 0.5) is 4.79 Å². The lowest BCUT2D eigenvalue weighted by atomic mass is 9.90. The molecule has 2 aromatic rings. The van der Waals surface area contributed by atoms with Crippen LogP contribution in [0.25, 0.3) is 0 Å². The van der Waals surface area contributed by atoms with Crippen LogP contribution in [0.3, 0.4) is 0 Å². The van der Waals surface area contributed by atoms with Gasteiger partial charge in [0.25, 0.3) is 0 Å². The number of carbonyl (C=O) groups is 1. The molecule has 28 heavy (non-hydrogen) atoms. The molecule has 0 bridgehead atoms. The Morgan fingerprint density at radius 3 is 2.68 bits per heavy atom. The van der Waals surface area contributed by atoms with Crippen molar-refractivity contribution in [2.45, 2.75) is 57.9 Å².